The first-order chi connectivity index (χ1) is 8.76. The van der Waals surface area contributed by atoms with Gasteiger partial charge in [0.05, 0.1) is 18.3 Å². The topological polar surface area (TPSA) is 54.1 Å². The molecule has 1 fully saturated rings. The van der Waals surface area contributed by atoms with E-state index in [9.17, 15) is 4.39 Å². The number of nitriles is 2. The standard InChI is InChI=1S/C13H13FN4/c14-12-2-1-3-13(11(12)10-16)18-8-6-17(5-4-15)7-9-18/h1-3H,5-9H2. The Labute approximate surface area is 105 Å². The van der Waals surface area contributed by atoms with E-state index in [1.54, 1.807) is 12.1 Å². The predicted octanol–water partition coefficient (Wildman–Crippen LogP) is 1.34. The molecule has 1 aromatic carbocycles. The van der Waals surface area contributed by atoms with Gasteiger partial charge in [-0.1, -0.05) is 6.07 Å². The molecule has 4 nitrogen and oxygen atoms in total. The van der Waals surface area contributed by atoms with E-state index in [4.69, 9.17) is 10.5 Å². The minimum absolute atomic E-state index is 0.103. The van der Waals surface area contributed by atoms with Crippen LogP contribution in [-0.2, 0) is 0 Å². The van der Waals surface area contributed by atoms with Gasteiger partial charge in [-0.2, -0.15) is 10.5 Å². The fourth-order valence-corrected chi connectivity index (χ4v) is 2.13. The van der Waals surface area contributed by atoms with Crippen molar-refractivity contribution in [3.05, 3.63) is 29.6 Å². The average molecular weight is 244 g/mol. The number of benzene rings is 1. The second kappa shape index (κ2) is 5.48. The highest BCUT2D eigenvalue weighted by Crippen LogP contribution is 2.23. The average Bonchev–Trinajstić information content (AvgIpc) is 2.40. The van der Waals surface area contributed by atoms with Crippen LogP contribution < -0.4 is 4.90 Å². The van der Waals surface area contributed by atoms with Crippen LogP contribution in [0, 0.1) is 28.5 Å². The number of hydrogen-bond acceptors (Lipinski definition) is 4. The summed E-state index contributed by atoms with van der Waals surface area (Å²) >= 11 is 0. The lowest BCUT2D eigenvalue weighted by molar-refractivity contribution is 0.287. The summed E-state index contributed by atoms with van der Waals surface area (Å²) in [6.45, 7) is 3.35. The monoisotopic (exact) mass is 244 g/mol. The molecule has 1 heterocycles. The second-order valence-electron chi connectivity index (χ2n) is 4.17. The SMILES string of the molecule is N#CCN1CCN(c2cccc(F)c2C#N)CC1. The molecule has 1 saturated heterocycles. The first kappa shape index (κ1) is 12.3. The molecule has 0 unspecified atom stereocenters. The van der Waals surface area contributed by atoms with Crippen LogP contribution in [0.1, 0.15) is 5.56 Å². The minimum atomic E-state index is -0.477. The van der Waals surface area contributed by atoms with Crippen molar-refractivity contribution >= 4 is 5.69 Å². The minimum Gasteiger partial charge on any atom is -0.368 e. The maximum atomic E-state index is 13.5. The summed E-state index contributed by atoms with van der Waals surface area (Å²) in [5, 5.41) is 17.6. The molecule has 92 valence electrons. The Balaban J connectivity index is 2.13. The van der Waals surface area contributed by atoms with Gasteiger partial charge in [0.25, 0.3) is 0 Å². The van der Waals surface area contributed by atoms with Crippen LogP contribution in [0.15, 0.2) is 18.2 Å². The molecular formula is C13H13FN4. The molecule has 0 aliphatic carbocycles. The first-order valence-corrected chi connectivity index (χ1v) is 5.79. The molecule has 0 radical (unpaired) electrons. The summed E-state index contributed by atoms with van der Waals surface area (Å²) in [6, 6.07) is 8.72. The van der Waals surface area contributed by atoms with Gasteiger partial charge in [-0.15, -0.1) is 0 Å². The highest BCUT2D eigenvalue weighted by Gasteiger charge is 2.20. The van der Waals surface area contributed by atoms with E-state index in [0.717, 1.165) is 13.1 Å². The number of hydrogen-bond donors (Lipinski definition) is 0. The number of anilines is 1. The van der Waals surface area contributed by atoms with Gasteiger partial charge in [0.15, 0.2) is 0 Å². The molecule has 5 heteroatoms. The maximum Gasteiger partial charge on any atom is 0.143 e. The molecule has 0 amide bonds. The van der Waals surface area contributed by atoms with Crippen molar-refractivity contribution in [3.8, 4) is 12.1 Å². The number of piperazine rings is 1. The van der Waals surface area contributed by atoms with E-state index in [0.29, 0.717) is 25.3 Å². The van der Waals surface area contributed by atoms with E-state index >= 15 is 0 Å². The molecule has 18 heavy (non-hydrogen) atoms. The van der Waals surface area contributed by atoms with Crippen LogP contribution in [0.5, 0.6) is 0 Å². The smallest absolute Gasteiger partial charge is 0.143 e. The van der Waals surface area contributed by atoms with Gasteiger partial charge < -0.3 is 4.90 Å². The van der Waals surface area contributed by atoms with E-state index in [1.807, 2.05) is 15.9 Å². The summed E-state index contributed by atoms with van der Waals surface area (Å²) in [4.78, 5) is 4.04. The van der Waals surface area contributed by atoms with E-state index in [1.165, 1.54) is 6.07 Å². The molecule has 0 atom stereocenters. The summed E-state index contributed by atoms with van der Waals surface area (Å²) < 4.78 is 13.5. The van der Waals surface area contributed by atoms with Crippen molar-refractivity contribution in [2.75, 3.05) is 37.6 Å². The summed E-state index contributed by atoms with van der Waals surface area (Å²) in [6.07, 6.45) is 0. The highest BCUT2D eigenvalue weighted by atomic mass is 19.1. The lowest BCUT2D eigenvalue weighted by Crippen LogP contribution is -2.46. The second-order valence-corrected chi connectivity index (χ2v) is 4.17. The number of halogens is 1. The zero-order valence-corrected chi connectivity index (χ0v) is 9.93. The van der Waals surface area contributed by atoms with E-state index in [2.05, 4.69) is 6.07 Å². The summed E-state index contributed by atoms with van der Waals surface area (Å²) in [7, 11) is 0. The Bertz CT molecular complexity index is 507. The van der Waals surface area contributed by atoms with Crippen LogP contribution in [0.3, 0.4) is 0 Å². The van der Waals surface area contributed by atoms with Crippen LogP contribution >= 0.6 is 0 Å². The van der Waals surface area contributed by atoms with Crippen LogP contribution in [0.25, 0.3) is 0 Å². The fraction of sp³-hybridized carbons (Fsp3) is 0.385. The molecule has 1 aliphatic heterocycles. The third-order valence-electron chi connectivity index (χ3n) is 3.11. The quantitative estimate of drug-likeness (QED) is 0.737. The molecule has 2 rings (SSSR count). The Morgan fingerprint density at radius 2 is 1.89 bits per heavy atom. The van der Waals surface area contributed by atoms with Crippen LogP contribution in [0.2, 0.25) is 0 Å². The third-order valence-corrected chi connectivity index (χ3v) is 3.11. The maximum absolute atomic E-state index is 13.5. The molecule has 0 bridgehead atoms. The molecule has 1 aliphatic rings. The highest BCUT2D eigenvalue weighted by molar-refractivity contribution is 5.60. The third kappa shape index (κ3) is 2.42. The lowest BCUT2D eigenvalue weighted by atomic mass is 10.1. The molecule has 1 aromatic rings. The molecule has 0 saturated carbocycles. The van der Waals surface area contributed by atoms with Gasteiger partial charge in [-0.05, 0) is 12.1 Å². The largest absolute Gasteiger partial charge is 0.368 e. The number of rotatable bonds is 2. The van der Waals surface area contributed by atoms with Gasteiger partial charge in [-0.25, -0.2) is 4.39 Å². The van der Waals surface area contributed by atoms with Crippen molar-refractivity contribution in [1.29, 1.82) is 10.5 Å². The molecule has 0 spiro atoms. The van der Waals surface area contributed by atoms with Crippen molar-refractivity contribution in [3.63, 3.8) is 0 Å². The lowest BCUT2D eigenvalue weighted by Gasteiger charge is -2.35. The van der Waals surface area contributed by atoms with Gasteiger partial charge in [0, 0.05) is 26.2 Å². The van der Waals surface area contributed by atoms with Gasteiger partial charge in [0.2, 0.25) is 0 Å². The van der Waals surface area contributed by atoms with E-state index in [-0.39, 0.29) is 5.56 Å². The Kier molecular flexibility index (Phi) is 3.76. The van der Waals surface area contributed by atoms with Gasteiger partial charge in [-0.3, -0.25) is 4.90 Å². The van der Waals surface area contributed by atoms with Crippen LogP contribution in [0.4, 0.5) is 10.1 Å². The van der Waals surface area contributed by atoms with Crippen molar-refractivity contribution in [2.24, 2.45) is 0 Å². The van der Waals surface area contributed by atoms with Crippen molar-refractivity contribution < 1.29 is 4.39 Å². The normalized spacial score (nSPS) is 16.1. The molecular weight excluding hydrogens is 231 g/mol. The molecule has 0 N–H and O–H groups in total. The fourth-order valence-electron chi connectivity index (χ4n) is 2.13. The van der Waals surface area contributed by atoms with Gasteiger partial charge in [0.1, 0.15) is 17.4 Å². The first-order valence-electron chi connectivity index (χ1n) is 5.79. The van der Waals surface area contributed by atoms with Crippen molar-refractivity contribution in [1.82, 2.24) is 4.90 Å². The van der Waals surface area contributed by atoms with E-state index < -0.39 is 5.82 Å². The van der Waals surface area contributed by atoms with Crippen molar-refractivity contribution in [2.45, 2.75) is 0 Å². The molecule has 0 aromatic heterocycles. The Morgan fingerprint density at radius 3 is 2.50 bits per heavy atom. The zero-order chi connectivity index (χ0) is 13.0. The summed E-state index contributed by atoms with van der Waals surface area (Å²) in [5.41, 5.74) is 0.750. The Morgan fingerprint density at radius 1 is 1.17 bits per heavy atom. The van der Waals surface area contributed by atoms with Crippen LogP contribution in [-0.4, -0.2) is 37.6 Å². The summed E-state index contributed by atoms with van der Waals surface area (Å²) in [5.74, 6) is -0.477. The number of nitrogens with zero attached hydrogens (tertiary/aromatic N) is 4. The zero-order valence-electron chi connectivity index (χ0n) is 9.93. The Hall–Kier alpha value is -2.11. The predicted molar refractivity (Wildman–Crippen MR) is 65.4 cm³/mol. The van der Waals surface area contributed by atoms with Gasteiger partial charge >= 0.3 is 0 Å².